The maximum Gasteiger partial charge on any atom is 1.00 e. The summed E-state index contributed by atoms with van der Waals surface area (Å²) in [6, 6.07) is 13.4. The van der Waals surface area contributed by atoms with E-state index in [4.69, 9.17) is 0 Å². The van der Waals surface area contributed by atoms with E-state index in [1.54, 1.807) is 24.3 Å². The van der Waals surface area contributed by atoms with Crippen molar-refractivity contribution in [1.82, 2.24) is 10.2 Å². The van der Waals surface area contributed by atoms with Crippen molar-refractivity contribution < 1.29 is 44.6 Å². The number of hydrogen-bond acceptors (Lipinski definition) is 4. The molecule has 0 aromatic heterocycles. The van der Waals surface area contributed by atoms with Gasteiger partial charge in [0.25, 0.3) is 0 Å². The molecule has 3 rings (SSSR count). The van der Waals surface area contributed by atoms with Crippen molar-refractivity contribution in [3.63, 3.8) is 0 Å². The summed E-state index contributed by atoms with van der Waals surface area (Å²) in [5.74, 6) is 0.302. The molecule has 1 saturated heterocycles. The van der Waals surface area contributed by atoms with Gasteiger partial charge in [0.15, 0.2) is 0 Å². The van der Waals surface area contributed by atoms with Crippen molar-refractivity contribution in [2.75, 3.05) is 6.54 Å². The molecule has 2 aromatic carbocycles. The molecule has 0 radical (unpaired) electrons. The predicted molar refractivity (Wildman–Crippen MR) is 94.1 cm³/mol. The van der Waals surface area contributed by atoms with Crippen LogP contribution < -0.4 is 40.0 Å². The first-order valence-electron chi connectivity index (χ1n) is 8.48. The van der Waals surface area contributed by atoms with Crippen molar-refractivity contribution in [2.24, 2.45) is 0 Å². The standard InChI is InChI=1S/C20H24N2O3.Na/c1-20(2)21-18(13-15-5-9-17(24)10-6-15)19(25)22(20)12-11-14-3-7-16(23)8-4-14;/h3-10,18,21,23-24H,11-13H2,1-2H3;/q;+1/p-1/t18-;/m0./s1. The first-order valence-corrected chi connectivity index (χ1v) is 8.48. The molecule has 0 aliphatic carbocycles. The van der Waals surface area contributed by atoms with Gasteiger partial charge in [-0.3, -0.25) is 10.1 Å². The molecule has 1 aliphatic rings. The van der Waals surface area contributed by atoms with E-state index in [1.165, 1.54) is 0 Å². The van der Waals surface area contributed by atoms with Crippen LogP contribution in [-0.2, 0) is 17.6 Å². The van der Waals surface area contributed by atoms with Gasteiger partial charge in [-0.15, -0.1) is 5.75 Å². The van der Waals surface area contributed by atoms with Gasteiger partial charge in [0.05, 0.1) is 11.7 Å². The van der Waals surface area contributed by atoms with E-state index in [-0.39, 0.29) is 53.0 Å². The Labute approximate surface area is 176 Å². The first kappa shape index (κ1) is 20.8. The number of nitrogens with one attached hydrogen (secondary N) is 1. The Morgan fingerprint density at radius 3 is 2.27 bits per heavy atom. The van der Waals surface area contributed by atoms with Crippen molar-refractivity contribution in [2.45, 2.75) is 38.4 Å². The number of amides is 1. The molecule has 6 heteroatoms. The molecule has 0 saturated carbocycles. The van der Waals surface area contributed by atoms with Crippen LogP contribution in [0.15, 0.2) is 48.5 Å². The number of hydrogen-bond donors (Lipinski definition) is 2. The Morgan fingerprint density at radius 1 is 1.08 bits per heavy atom. The number of benzene rings is 2. The summed E-state index contributed by atoms with van der Waals surface area (Å²) in [4.78, 5) is 14.7. The summed E-state index contributed by atoms with van der Waals surface area (Å²) in [5, 5.41) is 24.0. The summed E-state index contributed by atoms with van der Waals surface area (Å²) in [6.45, 7) is 4.61. The Kier molecular flexibility index (Phi) is 6.74. The third kappa shape index (κ3) is 4.80. The quantitative estimate of drug-likeness (QED) is 0.655. The zero-order chi connectivity index (χ0) is 18.0. The predicted octanol–water partition coefficient (Wildman–Crippen LogP) is -1.21. The average Bonchev–Trinajstić information content (AvgIpc) is 2.78. The minimum atomic E-state index is -0.419. The third-order valence-corrected chi connectivity index (χ3v) is 4.69. The van der Waals surface area contributed by atoms with E-state index in [1.807, 2.05) is 43.0 Å². The van der Waals surface area contributed by atoms with E-state index in [9.17, 15) is 15.0 Å². The van der Waals surface area contributed by atoms with E-state index < -0.39 is 5.66 Å². The number of phenolic OH excluding ortho intramolecular Hbond substituents is 1. The van der Waals surface area contributed by atoms with E-state index in [0.717, 1.165) is 11.1 Å². The second-order valence-electron chi connectivity index (χ2n) is 7.01. The molecule has 1 atom stereocenters. The van der Waals surface area contributed by atoms with Crippen molar-refractivity contribution in [3.05, 3.63) is 59.7 Å². The summed E-state index contributed by atoms with van der Waals surface area (Å²) >= 11 is 0. The molecule has 0 unspecified atom stereocenters. The Morgan fingerprint density at radius 2 is 1.65 bits per heavy atom. The molecule has 1 heterocycles. The molecule has 1 fully saturated rings. The van der Waals surface area contributed by atoms with Crippen LogP contribution in [0.4, 0.5) is 0 Å². The molecular formula is C20H23N2NaO3. The number of aromatic hydroxyl groups is 1. The fraction of sp³-hybridized carbons (Fsp3) is 0.350. The molecule has 1 aliphatic heterocycles. The van der Waals surface area contributed by atoms with Crippen LogP contribution in [-0.4, -0.2) is 34.2 Å². The molecule has 132 valence electrons. The molecule has 5 nitrogen and oxygen atoms in total. The van der Waals surface area contributed by atoms with Crippen molar-refractivity contribution >= 4 is 5.91 Å². The van der Waals surface area contributed by atoms with Gasteiger partial charge in [-0.05, 0) is 49.9 Å². The van der Waals surface area contributed by atoms with E-state index in [2.05, 4.69) is 5.32 Å². The topological polar surface area (TPSA) is 75.6 Å². The smallest absolute Gasteiger partial charge is 0.872 e. The zero-order valence-electron chi connectivity index (χ0n) is 15.5. The molecule has 1 amide bonds. The van der Waals surface area contributed by atoms with Crippen LogP contribution in [0.3, 0.4) is 0 Å². The van der Waals surface area contributed by atoms with E-state index in [0.29, 0.717) is 19.4 Å². The second-order valence-corrected chi connectivity index (χ2v) is 7.01. The fourth-order valence-electron chi connectivity index (χ4n) is 3.32. The summed E-state index contributed by atoms with van der Waals surface area (Å²) in [6.07, 6.45) is 1.30. The van der Waals surface area contributed by atoms with Crippen LogP contribution in [0.2, 0.25) is 0 Å². The number of carbonyl (C=O) groups is 1. The number of rotatable bonds is 5. The van der Waals surface area contributed by atoms with Gasteiger partial charge in [0.2, 0.25) is 5.91 Å². The number of carbonyl (C=O) groups excluding carboxylic acids is 1. The molecule has 0 bridgehead atoms. The number of nitrogens with zero attached hydrogens (tertiary/aromatic N) is 1. The van der Waals surface area contributed by atoms with Gasteiger partial charge in [0.1, 0.15) is 5.75 Å². The van der Waals surface area contributed by atoms with Crippen LogP contribution in [0.25, 0.3) is 0 Å². The van der Waals surface area contributed by atoms with Gasteiger partial charge >= 0.3 is 29.6 Å². The first-order chi connectivity index (χ1) is 11.8. The Bertz CT molecular complexity index is 745. The van der Waals surface area contributed by atoms with Gasteiger partial charge < -0.3 is 15.1 Å². The van der Waals surface area contributed by atoms with Crippen LogP contribution >= 0.6 is 0 Å². The maximum absolute atomic E-state index is 12.8. The summed E-state index contributed by atoms with van der Waals surface area (Å²) < 4.78 is 0. The minimum absolute atomic E-state index is 0. The van der Waals surface area contributed by atoms with Gasteiger partial charge in [0, 0.05) is 6.54 Å². The van der Waals surface area contributed by atoms with Gasteiger partial charge in [-0.1, -0.05) is 36.4 Å². The Balaban J connectivity index is 0.00000243. The monoisotopic (exact) mass is 362 g/mol. The summed E-state index contributed by atoms with van der Waals surface area (Å²) in [7, 11) is 0. The van der Waals surface area contributed by atoms with Crippen molar-refractivity contribution in [1.29, 1.82) is 0 Å². The van der Waals surface area contributed by atoms with Crippen LogP contribution in [0, 0.1) is 0 Å². The van der Waals surface area contributed by atoms with Crippen LogP contribution in [0.5, 0.6) is 11.5 Å². The average molecular weight is 362 g/mol. The van der Waals surface area contributed by atoms with Gasteiger partial charge in [-0.25, -0.2) is 0 Å². The number of phenols is 1. The normalized spacial score (nSPS) is 18.6. The van der Waals surface area contributed by atoms with Crippen molar-refractivity contribution in [3.8, 4) is 11.5 Å². The van der Waals surface area contributed by atoms with E-state index >= 15 is 0 Å². The van der Waals surface area contributed by atoms with Crippen LogP contribution in [0.1, 0.15) is 25.0 Å². The molecule has 2 N–H and O–H groups in total. The fourth-order valence-corrected chi connectivity index (χ4v) is 3.32. The largest absolute Gasteiger partial charge is 1.00 e. The third-order valence-electron chi connectivity index (χ3n) is 4.69. The molecule has 2 aromatic rings. The summed E-state index contributed by atoms with van der Waals surface area (Å²) in [5.41, 5.74) is 1.63. The molecule has 26 heavy (non-hydrogen) atoms. The zero-order valence-corrected chi connectivity index (χ0v) is 17.5. The molecular weight excluding hydrogens is 339 g/mol. The Hall–Kier alpha value is -1.53. The maximum atomic E-state index is 12.8. The second kappa shape index (κ2) is 8.44. The minimum Gasteiger partial charge on any atom is -0.872 e. The van der Waals surface area contributed by atoms with Gasteiger partial charge in [-0.2, -0.15) is 0 Å². The molecule has 0 spiro atoms. The SMILES string of the molecule is CC1(C)N[C@@H](Cc2ccc(O)cc2)C(=O)N1CCc1ccc([O-])cc1.[Na+].